The van der Waals surface area contributed by atoms with Gasteiger partial charge in [0.05, 0.1) is 0 Å². The van der Waals surface area contributed by atoms with Gasteiger partial charge in [-0.05, 0) is 12.1 Å². The molecule has 0 atom stereocenters. The summed E-state index contributed by atoms with van der Waals surface area (Å²) in [5.41, 5.74) is -2.18. The van der Waals surface area contributed by atoms with Crippen LogP contribution in [0.3, 0.4) is 0 Å². The number of pyridine rings is 1. The number of alkyl halides is 3. The van der Waals surface area contributed by atoms with E-state index in [2.05, 4.69) is 15.3 Å². The number of aromatic nitrogens is 3. The maximum Gasteiger partial charge on any atom is 0.431 e. The van der Waals surface area contributed by atoms with Crippen LogP contribution in [0.2, 0.25) is 5.15 Å². The zero-order valence-electron chi connectivity index (χ0n) is 9.12. The van der Waals surface area contributed by atoms with Crippen molar-refractivity contribution >= 4 is 23.1 Å². The third-order valence-corrected chi connectivity index (χ3v) is 2.40. The molecule has 0 aliphatic heterocycles. The van der Waals surface area contributed by atoms with Crippen LogP contribution < -0.4 is 10.9 Å². The Bertz CT molecular complexity index is 656. The zero-order valence-corrected chi connectivity index (χ0v) is 9.88. The molecule has 0 spiro atoms. The van der Waals surface area contributed by atoms with Crippen LogP contribution >= 0.6 is 11.6 Å². The van der Waals surface area contributed by atoms with Gasteiger partial charge in [-0.1, -0.05) is 11.6 Å². The van der Waals surface area contributed by atoms with Crippen molar-refractivity contribution in [1.82, 2.24) is 15.0 Å². The van der Waals surface area contributed by atoms with Crippen LogP contribution in [0, 0.1) is 0 Å². The van der Waals surface area contributed by atoms with Gasteiger partial charge in [-0.15, -0.1) is 0 Å². The van der Waals surface area contributed by atoms with Crippen molar-refractivity contribution in [2.75, 3.05) is 5.32 Å². The number of anilines is 2. The second-order valence-corrected chi connectivity index (χ2v) is 3.79. The monoisotopic (exact) mass is 290 g/mol. The molecule has 0 bridgehead atoms. The molecule has 2 N–H and O–H groups in total. The predicted octanol–water partition coefficient (Wildman–Crippen LogP) is 2.58. The minimum absolute atomic E-state index is 0.00166. The van der Waals surface area contributed by atoms with Crippen molar-refractivity contribution in [3.8, 4) is 0 Å². The Kier molecular flexibility index (Phi) is 3.43. The van der Waals surface area contributed by atoms with Crippen LogP contribution in [-0.4, -0.2) is 15.0 Å². The van der Waals surface area contributed by atoms with Gasteiger partial charge in [0.1, 0.15) is 11.4 Å². The molecule has 100 valence electrons. The first kappa shape index (κ1) is 13.3. The van der Waals surface area contributed by atoms with E-state index in [1.54, 1.807) is 4.98 Å². The van der Waals surface area contributed by atoms with Crippen LogP contribution in [0.1, 0.15) is 5.69 Å². The Balaban J connectivity index is 2.33. The van der Waals surface area contributed by atoms with Gasteiger partial charge >= 0.3 is 6.18 Å². The average molecular weight is 291 g/mol. The van der Waals surface area contributed by atoms with E-state index in [1.165, 1.54) is 12.4 Å². The number of H-pyrrole nitrogens is 1. The Morgan fingerprint density at radius 3 is 2.47 bits per heavy atom. The van der Waals surface area contributed by atoms with Crippen molar-refractivity contribution in [3.63, 3.8) is 0 Å². The molecular formula is C10H6ClF3N4O. The molecule has 2 aromatic rings. The molecule has 0 aliphatic rings. The number of rotatable bonds is 2. The summed E-state index contributed by atoms with van der Waals surface area (Å²) in [6.45, 7) is 0. The molecule has 19 heavy (non-hydrogen) atoms. The van der Waals surface area contributed by atoms with E-state index in [4.69, 9.17) is 11.6 Å². The molecule has 0 aliphatic carbocycles. The molecule has 5 nitrogen and oxygen atoms in total. The van der Waals surface area contributed by atoms with Crippen LogP contribution in [0.4, 0.5) is 24.7 Å². The van der Waals surface area contributed by atoms with Gasteiger partial charge in [0.15, 0.2) is 11.0 Å². The summed E-state index contributed by atoms with van der Waals surface area (Å²) in [5.74, 6) is 0.0782. The summed E-state index contributed by atoms with van der Waals surface area (Å²) in [6.07, 6.45) is -1.95. The van der Waals surface area contributed by atoms with E-state index in [0.717, 1.165) is 12.1 Å². The Morgan fingerprint density at radius 2 is 1.89 bits per heavy atom. The Morgan fingerprint density at radius 1 is 1.21 bits per heavy atom. The molecule has 2 aromatic heterocycles. The fourth-order valence-electron chi connectivity index (χ4n) is 1.27. The lowest BCUT2D eigenvalue weighted by atomic mass is 10.3. The van der Waals surface area contributed by atoms with Gasteiger partial charge < -0.3 is 10.3 Å². The molecule has 0 unspecified atom stereocenters. The standard InChI is InChI=1S/C10H6ClF3N4O/c11-7-8(16-4-3-15-7)17-5-1-2-6(10(12,13)14)18-9(5)19/h1-4H,(H,16,17)(H,18,19). The molecule has 0 aromatic carbocycles. The SMILES string of the molecule is O=c1[nH]c(C(F)(F)F)ccc1Nc1nccnc1Cl. The fourth-order valence-corrected chi connectivity index (χ4v) is 1.42. The maximum atomic E-state index is 12.4. The molecule has 9 heteroatoms. The Hall–Kier alpha value is -2.09. The zero-order chi connectivity index (χ0) is 14.0. The first-order chi connectivity index (χ1) is 8.88. The highest BCUT2D eigenvalue weighted by Gasteiger charge is 2.31. The van der Waals surface area contributed by atoms with E-state index in [1.807, 2.05) is 0 Å². The number of aromatic amines is 1. The van der Waals surface area contributed by atoms with Gasteiger partial charge in [-0.2, -0.15) is 13.2 Å². The van der Waals surface area contributed by atoms with Gasteiger partial charge in [-0.3, -0.25) is 4.79 Å². The van der Waals surface area contributed by atoms with E-state index in [0.29, 0.717) is 0 Å². The summed E-state index contributed by atoms with van der Waals surface area (Å²) >= 11 is 5.70. The lowest BCUT2D eigenvalue weighted by Gasteiger charge is -2.08. The van der Waals surface area contributed by atoms with Crippen LogP contribution in [0.5, 0.6) is 0 Å². The molecule has 0 saturated carbocycles. The Labute approximate surface area is 109 Å². The van der Waals surface area contributed by atoms with Gasteiger partial charge in [0, 0.05) is 12.4 Å². The average Bonchev–Trinajstić information content (AvgIpc) is 2.33. The summed E-state index contributed by atoms with van der Waals surface area (Å²) in [6, 6.07) is 1.74. The minimum atomic E-state index is -4.61. The van der Waals surface area contributed by atoms with E-state index in [9.17, 15) is 18.0 Å². The van der Waals surface area contributed by atoms with Crippen LogP contribution in [0.15, 0.2) is 29.3 Å². The lowest BCUT2D eigenvalue weighted by Crippen LogP contribution is -2.18. The predicted molar refractivity (Wildman–Crippen MR) is 62.4 cm³/mol. The molecule has 0 amide bonds. The summed E-state index contributed by atoms with van der Waals surface area (Å²) in [4.78, 5) is 20.7. The van der Waals surface area contributed by atoms with Crippen molar-refractivity contribution in [1.29, 1.82) is 0 Å². The lowest BCUT2D eigenvalue weighted by molar-refractivity contribution is -0.141. The van der Waals surface area contributed by atoms with E-state index in [-0.39, 0.29) is 16.7 Å². The van der Waals surface area contributed by atoms with Crippen LogP contribution in [0.25, 0.3) is 0 Å². The first-order valence-electron chi connectivity index (χ1n) is 4.92. The van der Waals surface area contributed by atoms with Gasteiger partial charge in [-0.25, -0.2) is 9.97 Å². The smallest absolute Gasteiger partial charge is 0.333 e. The highest BCUT2D eigenvalue weighted by Crippen LogP contribution is 2.27. The second-order valence-electron chi connectivity index (χ2n) is 3.43. The van der Waals surface area contributed by atoms with Crippen molar-refractivity contribution < 1.29 is 13.2 Å². The van der Waals surface area contributed by atoms with E-state index < -0.39 is 17.4 Å². The summed E-state index contributed by atoms with van der Waals surface area (Å²) < 4.78 is 37.1. The number of hydrogen-bond acceptors (Lipinski definition) is 4. The third-order valence-electron chi connectivity index (χ3n) is 2.12. The van der Waals surface area contributed by atoms with Crippen molar-refractivity contribution in [2.24, 2.45) is 0 Å². The van der Waals surface area contributed by atoms with Crippen LogP contribution in [-0.2, 0) is 6.18 Å². The molecule has 0 saturated heterocycles. The molecule has 0 radical (unpaired) electrons. The first-order valence-corrected chi connectivity index (χ1v) is 5.30. The van der Waals surface area contributed by atoms with Crippen molar-refractivity contribution in [3.05, 3.63) is 45.7 Å². The molecule has 2 heterocycles. The van der Waals surface area contributed by atoms with Crippen molar-refractivity contribution in [2.45, 2.75) is 6.18 Å². The number of nitrogens with one attached hydrogen (secondary N) is 2. The molecular weight excluding hydrogens is 285 g/mol. The topological polar surface area (TPSA) is 70.7 Å². The van der Waals surface area contributed by atoms with E-state index >= 15 is 0 Å². The number of hydrogen-bond donors (Lipinski definition) is 2. The van der Waals surface area contributed by atoms with Gasteiger partial charge in [0.2, 0.25) is 0 Å². The highest BCUT2D eigenvalue weighted by molar-refractivity contribution is 6.31. The highest BCUT2D eigenvalue weighted by atomic mass is 35.5. The van der Waals surface area contributed by atoms with Gasteiger partial charge in [0.25, 0.3) is 5.56 Å². The normalized spacial score (nSPS) is 11.4. The molecule has 0 fully saturated rings. The number of halogens is 4. The fraction of sp³-hybridized carbons (Fsp3) is 0.100. The minimum Gasteiger partial charge on any atom is -0.333 e. The summed E-state index contributed by atoms with van der Waals surface area (Å²) in [7, 11) is 0. The third kappa shape index (κ3) is 3.02. The quantitative estimate of drug-likeness (QED) is 0.892. The molecule has 2 rings (SSSR count). The largest absolute Gasteiger partial charge is 0.431 e. The number of nitrogens with zero attached hydrogens (tertiary/aromatic N) is 2. The summed E-state index contributed by atoms with van der Waals surface area (Å²) in [5, 5.41) is 2.50. The maximum absolute atomic E-state index is 12.4. The second kappa shape index (κ2) is 4.88.